The molecule has 1 aromatic heterocycles. The molecule has 1 N–H and O–H groups in total. The Morgan fingerprint density at radius 2 is 1.93 bits per heavy atom. The van der Waals surface area contributed by atoms with Gasteiger partial charge in [0, 0.05) is 11.9 Å². The summed E-state index contributed by atoms with van der Waals surface area (Å²) in [6.45, 7) is 2.88. The van der Waals surface area contributed by atoms with Gasteiger partial charge < -0.3 is 5.32 Å². The third kappa shape index (κ3) is 6.12. The number of anilines is 1. The van der Waals surface area contributed by atoms with Crippen LogP contribution in [-0.2, 0) is 26.9 Å². The number of carbonyl (C=O) groups excluding carboxylic acids is 1. The second-order valence-corrected chi connectivity index (χ2v) is 9.79. The van der Waals surface area contributed by atoms with Crippen molar-refractivity contribution in [2.24, 2.45) is 0 Å². The summed E-state index contributed by atoms with van der Waals surface area (Å²) in [4.78, 5) is 18.9. The molecule has 1 saturated heterocycles. The van der Waals surface area contributed by atoms with Crippen molar-refractivity contribution in [3.05, 3.63) is 46.5 Å². The van der Waals surface area contributed by atoms with Crippen LogP contribution in [0.25, 0.3) is 0 Å². The van der Waals surface area contributed by atoms with Gasteiger partial charge in [0.15, 0.2) is 15.0 Å². The topological polar surface area (TPSA) is 103 Å². The Kier molecular flexibility index (Phi) is 6.78. The predicted molar refractivity (Wildman–Crippen MR) is 109 cm³/mol. The standard InChI is InChI=1S/C19H22N4O3S2/c20-10-15-4-6-16(7-5-15)13-28(25,26)14-18(24)22-19-21-17(12-27-19)11-23-8-2-1-3-9-23/h4-7,12H,1-3,8-9,11,13-14H2,(H,21,22,24). The van der Waals surface area contributed by atoms with Crippen molar-refractivity contribution in [2.75, 3.05) is 24.2 Å². The maximum Gasteiger partial charge on any atom is 0.241 e. The maximum absolute atomic E-state index is 12.3. The second kappa shape index (κ2) is 9.28. The molecule has 0 saturated carbocycles. The largest absolute Gasteiger partial charge is 0.301 e. The zero-order valence-corrected chi connectivity index (χ0v) is 17.1. The van der Waals surface area contributed by atoms with Gasteiger partial charge in [-0.05, 0) is 43.6 Å². The molecule has 1 aliphatic heterocycles. The van der Waals surface area contributed by atoms with Gasteiger partial charge >= 0.3 is 0 Å². The van der Waals surface area contributed by atoms with E-state index in [4.69, 9.17) is 5.26 Å². The average molecular weight is 419 g/mol. The second-order valence-electron chi connectivity index (χ2n) is 6.87. The Morgan fingerprint density at radius 3 is 2.61 bits per heavy atom. The summed E-state index contributed by atoms with van der Waals surface area (Å²) in [6, 6.07) is 8.27. The Bertz CT molecular complexity index is 956. The first kappa shape index (κ1) is 20.5. The van der Waals surface area contributed by atoms with Crippen LogP contribution in [-0.4, -0.2) is 43.1 Å². The summed E-state index contributed by atoms with van der Waals surface area (Å²) in [6.07, 6.45) is 3.67. The van der Waals surface area contributed by atoms with Crippen molar-refractivity contribution in [3.8, 4) is 6.07 Å². The minimum Gasteiger partial charge on any atom is -0.301 e. The lowest BCUT2D eigenvalue weighted by atomic mass is 10.1. The minimum absolute atomic E-state index is 0.246. The van der Waals surface area contributed by atoms with Gasteiger partial charge in [-0.2, -0.15) is 5.26 Å². The van der Waals surface area contributed by atoms with E-state index >= 15 is 0 Å². The number of thiazole rings is 1. The van der Waals surface area contributed by atoms with Crippen molar-refractivity contribution in [3.63, 3.8) is 0 Å². The van der Waals surface area contributed by atoms with E-state index in [1.807, 2.05) is 11.4 Å². The van der Waals surface area contributed by atoms with E-state index < -0.39 is 21.5 Å². The highest BCUT2D eigenvalue weighted by molar-refractivity contribution is 7.91. The molecule has 148 valence electrons. The number of aromatic nitrogens is 1. The molecule has 2 aromatic rings. The number of hydrogen-bond donors (Lipinski definition) is 1. The van der Waals surface area contributed by atoms with Crippen molar-refractivity contribution in [1.82, 2.24) is 9.88 Å². The van der Waals surface area contributed by atoms with Gasteiger partial charge in [-0.3, -0.25) is 9.69 Å². The van der Waals surface area contributed by atoms with Gasteiger partial charge in [0.1, 0.15) is 5.75 Å². The monoisotopic (exact) mass is 418 g/mol. The zero-order chi connectivity index (χ0) is 20.0. The number of benzene rings is 1. The Hall–Kier alpha value is -2.28. The number of nitrogens with one attached hydrogen (secondary N) is 1. The Labute approximate surface area is 168 Å². The number of likely N-dealkylation sites (tertiary alicyclic amines) is 1. The van der Waals surface area contributed by atoms with Crippen LogP contribution in [0.15, 0.2) is 29.6 Å². The smallest absolute Gasteiger partial charge is 0.241 e. The molecule has 3 rings (SSSR count). The SMILES string of the molecule is N#Cc1ccc(CS(=O)(=O)CC(=O)Nc2nc(CN3CCCCC3)cs2)cc1. The number of hydrogen-bond acceptors (Lipinski definition) is 7. The van der Waals surface area contributed by atoms with Crippen LogP contribution in [0.4, 0.5) is 5.13 Å². The fourth-order valence-electron chi connectivity index (χ4n) is 3.12. The molecule has 0 unspecified atom stereocenters. The van der Waals surface area contributed by atoms with Gasteiger partial charge in [0.2, 0.25) is 5.91 Å². The number of sulfone groups is 1. The molecule has 2 heterocycles. The van der Waals surface area contributed by atoms with Crippen molar-refractivity contribution in [1.29, 1.82) is 5.26 Å². The van der Waals surface area contributed by atoms with E-state index in [0.29, 0.717) is 16.3 Å². The molecule has 1 aromatic carbocycles. The van der Waals surface area contributed by atoms with Gasteiger partial charge in [0.05, 0.1) is 23.1 Å². The lowest BCUT2D eigenvalue weighted by Crippen LogP contribution is -2.29. The number of rotatable bonds is 7. The maximum atomic E-state index is 12.3. The summed E-state index contributed by atoms with van der Waals surface area (Å²) in [5, 5.41) is 13.7. The van der Waals surface area contributed by atoms with Crippen LogP contribution in [0.1, 0.15) is 36.1 Å². The average Bonchev–Trinajstić information content (AvgIpc) is 3.09. The molecule has 1 fully saturated rings. The number of nitrogens with zero attached hydrogens (tertiary/aromatic N) is 3. The lowest BCUT2D eigenvalue weighted by molar-refractivity contribution is -0.113. The summed E-state index contributed by atoms with van der Waals surface area (Å²) in [5.41, 5.74) is 1.90. The third-order valence-electron chi connectivity index (χ3n) is 4.45. The van der Waals surface area contributed by atoms with Crippen molar-refractivity contribution >= 4 is 32.2 Å². The number of carbonyl (C=O) groups is 1. The highest BCUT2D eigenvalue weighted by Gasteiger charge is 2.19. The van der Waals surface area contributed by atoms with Gasteiger partial charge in [0.25, 0.3) is 0 Å². The van der Waals surface area contributed by atoms with Crippen LogP contribution < -0.4 is 5.32 Å². The van der Waals surface area contributed by atoms with Gasteiger partial charge in [-0.25, -0.2) is 13.4 Å². The molecular formula is C19H22N4O3S2. The molecule has 1 amide bonds. The number of nitriles is 1. The zero-order valence-electron chi connectivity index (χ0n) is 15.4. The van der Waals surface area contributed by atoms with E-state index in [1.165, 1.54) is 30.6 Å². The quantitative estimate of drug-likeness (QED) is 0.741. The van der Waals surface area contributed by atoms with Gasteiger partial charge in [-0.1, -0.05) is 18.6 Å². The third-order valence-corrected chi connectivity index (χ3v) is 6.73. The molecule has 0 radical (unpaired) electrons. The van der Waals surface area contributed by atoms with E-state index in [1.54, 1.807) is 24.3 Å². The molecule has 0 atom stereocenters. The normalized spacial score (nSPS) is 15.1. The first-order valence-electron chi connectivity index (χ1n) is 9.09. The summed E-state index contributed by atoms with van der Waals surface area (Å²) < 4.78 is 24.5. The molecule has 0 bridgehead atoms. The van der Waals surface area contributed by atoms with E-state index in [0.717, 1.165) is 25.3 Å². The highest BCUT2D eigenvalue weighted by atomic mass is 32.2. The Balaban J connectivity index is 1.52. The van der Waals surface area contributed by atoms with E-state index in [2.05, 4.69) is 15.2 Å². The highest BCUT2D eigenvalue weighted by Crippen LogP contribution is 2.19. The number of piperidine rings is 1. The van der Waals surface area contributed by atoms with E-state index in [9.17, 15) is 13.2 Å². The minimum atomic E-state index is -3.62. The summed E-state index contributed by atoms with van der Waals surface area (Å²) >= 11 is 1.31. The van der Waals surface area contributed by atoms with Crippen LogP contribution in [0.5, 0.6) is 0 Å². The first-order valence-corrected chi connectivity index (χ1v) is 11.8. The molecular weight excluding hydrogens is 396 g/mol. The fourth-order valence-corrected chi connectivity index (χ4v) is 5.11. The lowest BCUT2D eigenvalue weighted by Gasteiger charge is -2.25. The van der Waals surface area contributed by atoms with Crippen LogP contribution in [0.3, 0.4) is 0 Å². The molecule has 9 heteroatoms. The van der Waals surface area contributed by atoms with Crippen LogP contribution in [0.2, 0.25) is 0 Å². The van der Waals surface area contributed by atoms with Crippen molar-refractivity contribution in [2.45, 2.75) is 31.6 Å². The fraction of sp³-hybridized carbons (Fsp3) is 0.421. The van der Waals surface area contributed by atoms with E-state index in [-0.39, 0.29) is 5.75 Å². The molecule has 0 aliphatic carbocycles. The van der Waals surface area contributed by atoms with Gasteiger partial charge in [-0.15, -0.1) is 11.3 Å². The molecule has 0 spiro atoms. The molecule has 1 aliphatic rings. The van der Waals surface area contributed by atoms with Crippen LogP contribution >= 0.6 is 11.3 Å². The predicted octanol–water partition coefficient (Wildman–Crippen LogP) is 2.55. The summed E-state index contributed by atoms with van der Waals surface area (Å²) in [7, 11) is -3.62. The Morgan fingerprint density at radius 1 is 1.21 bits per heavy atom. The van der Waals surface area contributed by atoms with Crippen LogP contribution in [0, 0.1) is 11.3 Å². The summed E-state index contributed by atoms with van der Waals surface area (Å²) in [5.74, 6) is -1.44. The first-order chi connectivity index (χ1) is 13.4. The van der Waals surface area contributed by atoms with Crippen molar-refractivity contribution < 1.29 is 13.2 Å². The number of amides is 1. The molecule has 28 heavy (non-hydrogen) atoms. The molecule has 7 nitrogen and oxygen atoms in total.